The van der Waals surface area contributed by atoms with Gasteiger partial charge in [0.1, 0.15) is 0 Å². The van der Waals surface area contributed by atoms with Crippen LogP contribution in [0.4, 0.5) is 0 Å². The van der Waals surface area contributed by atoms with Gasteiger partial charge in [-0.2, -0.15) is 17.4 Å². The van der Waals surface area contributed by atoms with Gasteiger partial charge in [-0.05, 0) is 0 Å². The summed E-state index contributed by atoms with van der Waals surface area (Å²) >= 11 is 0. The molecule has 1 fully saturated rings. The number of hydrogen-bond donors (Lipinski definition) is 3. The van der Waals surface area contributed by atoms with Crippen molar-refractivity contribution < 1.29 is 13.5 Å². The minimum absolute atomic E-state index is 0.0757. The Morgan fingerprint density at radius 1 is 1.38 bits per heavy atom. The normalized spacial score (nSPS) is 20.4. The van der Waals surface area contributed by atoms with Crippen molar-refractivity contribution in [1.29, 1.82) is 0 Å². The van der Waals surface area contributed by atoms with Gasteiger partial charge in [0, 0.05) is 32.7 Å². The van der Waals surface area contributed by atoms with Crippen LogP contribution in [0.1, 0.15) is 0 Å². The lowest BCUT2D eigenvalue weighted by molar-refractivity contribution is 0.296. The Morgan fingerprint density at radius 2 is 2.00 bits per heavy atom. The van der Waals surface area contributed by atoms with E-state index in [0.717, 1.165) is 0 Å². The summed E-state index contributed by atoms with van der Waals surface area (Å²) < 4.78 is 26.5. The molecule has 0 radical (unpaired) electrons. The Labute approximate surface area is 78.1 Å². The van der Waals surface area contributed by atoms with Crippen LogP contribution in [0, 0.1) is 0 Å². The van der Waals surface area contributed by atoms with Gasteiger partial charge < -0.3 is 10.4 Å². The molecule has 13 heavy (non-hydrogen) atoms. The van der Waals surface area contributed by atoms with Gasteiger partial charge in [-0.25, -0.2) is 0 Å². The monoisotopic (exact) mass is 209 g/mol. The first kappa shape index (κ1) is 10.9. The number of hydrogen-bond acceptors (Lipinski definition) is 4. The third-order valence-corrected chi connectivity index (χ3v) is 3.43. The average molecular weight is 209 g/mol. The summed E-state index contributed by atoms with van der Waals surface area (Å²) in [6.07, 6.45) is 0. The zero-order chi connectivity index (χ0) is 9.73. The lowest BCUT2D eigenvalue weighted by atomic mass is 10.4. The zero-order valence-corrected chi connectivity index (χ0v) is 8.18. The first-order valence-electron chi connectivity index (χ1n) is 4.23. The molecule has 1 aliphatic heterocycles. The molecule has 0 saturated carbocycles. The van der Waals surface area contributed by atoms with E-state index >= 15 is 0 Å². The topological polar surface area (TPSA) is 81.7 Å². The Bertz CT molecular complexity index is 236. The van der Waals surface area contributed by atoms with Gasteiger partial charge in [0.05, 0.1) is 6.61 Å². The van der Waals surface area contributed by atoms with Crippen molar-refractivity contribution in [3.05, 3.63) is 0 Å². The fourth-order valence-electron chi connectivity index (χ4n) is 1.15. The Balaban J connectivity index is 2.47. The van der Waals surface area contributed by atoms with Crippen LogP contribution in [-0.4, -0.2) is 57.2 Å². The number of nitrogens with zero attached hydrogens (tertiary/aromatic N) is 1. The summed E-state index contributed by atoms with van der Waals surface area (Å²) in [5.74, 6) is 0. The van der Waals surface area contributed by atoms with E-state index in [1.165, 1.54) is 4.31 Å². The van der Waals surface area contributed by atoms with Crippen molar-refractivity contribution >= 4 is 10.2 Å². The summed E-state index contributed by atoms with van der Waals surface area (Å²) in [5.41, 5.74) is 0. The van der Waals surface area contributed by atoms with Gasteiger partial charge in [-0.15, -0.1) is 0 Å². The molecule has 0 unspecified atom stereocenters. The molecule has 0 atom stereocenters. The van der Waals surface area contributed by atoms with Crippen LogP contribution >= 0.6 is 0 Å². The van der Waals surface area contributed by atoms with E-state index in [1.807, 2.05) is 0 Å². The molecule has 0 spiro atoms. The Kier molecular flexibility index (Phi) is 4.07. The highest BCUT2D eigenvalue weighted by atomic mass is 32.2. The number of aliphatic hydroxyl groups is 1. The molecule has 0 aromatic heterocycles. The number of piperazine rings is 1. The molecule has 78 valence electrons. The standard InChI is InChI=1S/C6H15N3O3S/c10-6-3-8-13(11,12)9-4-1-7-2-5-9/h7-8,10H,1-6H2. The number of aliphatic hydroxyl groups excluding tert-OH is 1. The second kappa shape index (κ2) is 4.87. The highest BCUT2D eigenvalue weighted by Crippen LogP contribution is 1.98. The largest absolute Gasteiger partial charge is 0.395 e. The van der Waals surface area contributed by atoms with E-state index < -0.39 is 10.2 Å². The minimum Gasteiger partial charge on any atom is -0.395 e. The van der Waals surface area contributed by atoms with Gasteiger partial charge in [0.2, 0.25) is 0 Å². The lowest BCUT2D eigenvalue weighted by Crippen LogP contribution is -2.50. The smallest absolute Gasteiger partial charge is 0.279 e. The summed E-state index contributed by atoms with van der Waals surface area (Å²) in [4.78, 5) is 0. The second-order valence-corrected chi connectivity index (χ2v) is 4.53. The second-order valence-electron chi connectivity index (χ2n) is 2.77. The molecule has 0 aromatic rings. The van der Waals surface area contributed by atoms with Crippen molar-refractivity contribution in [1.82, 2.24) is 14.3 Å². The maximum atomic E-state index is 11.4. The third kappa shape index (κ3) is 3.20. The molecule has 7 heteroatoms. The van der Waals surface area contributed by atoms with Crippen LogP contribution in [0.5, 0.6) is 0 Å². The third-order valence-electron chi connectivity index (χ3n) is 1.81. The van der Waals surface area contributed by atoms with Gasteiger partial charge in [0.25, 0.3) is 10.2 Å². The molecule has 1 heterocycles. The molecule has 3 N–H and O–H groups in total. The molecule has 1 saturated heterocycles. The van der Waals surface area contributed by atoms with Crippen LogP contribution < -0.4 is 10.0 Å². The Morgan fingerprint density at radius 3 is 2.54 bits per heavy atom. The lowest BCUT2D eigenvalue weighted by Gasteiger charge is -2.26. The summed E-state index contributed by atoms with van der Waals surface area (Å²) in [6.45, 7) is 2.24. The summed E-state index contributed by atoms with van der Waals surface area (Å²) in [5, 5.41) is 11.5. The van der Waals surface area contributed by atoms with Crippen molar-refractivity contribution in [3.63, 3.8) is 0 Å². The van der Waals surface area contributed by atoms with E-state index in [-0.39, 0.29) is 13.2 Å². The summed E-state index contributed by atoms with van der Waals surface area (Å²) in [7, 11) is -3.36. The van der Waals surface area contributed by atoms with Crippen molar-refractivity contribution in [2.24, 2.45) is 0 Å². The van der Waals surface area contributed by atoms with Crippen LogP contribution in [0.15, 0.2) is 0 Å². The van der Waals surface area contributed by atoms with Gasteiger partial charge >= 0.3 is 0 Å². The van der Waals surface area contributed by atoms with E-state index in [2.05, 4.69) is 10.0 Å². The fraction of sp³-hybridized carbons (Fsp3) is 1.00. The SMILES string of the molecule is O=S(=O)(NCCO)N1CCNCC1. The average Bonchev–Trinajstić information content (AvgIpc) is 2.16. The molecule has 1 aliphatic rings. The maximum Gasteiger partial charge on any atom is 0.279 e. The predicted octanol–water partition coefficient (Wildman–Crippen LogP) is -2.28. The Hall–Kier alpha value is -0.210. The highest BCUT2D eigenvalue weighted by molar-refractivity contribution is 7.87. The molecule has 0 amide bonds. The fourth-order valence-corrected chi connectivity index (χ4v) is 2.35. The predicted molar refractivity (Wildman–Crippen MR) is 48.5 cm³/mol. The maximum absolute atomic E-state index is 11.4. The molecular formula is C6H15N3O3S. The number of nitrogens with one attached hydrogen (secondary N) is 2. The minimum atomic E-state index is -3.36. The van der Waals surface area contributed by atoms with E-state index in [4.69, 9.17) is 5.11 Å². The number of rotatable bonds is 4. The molecule has 1 rings (SSSR count). The molecule has 0 bridgehead atoms. The van der Waals surface area contributed by atoms with Crippen LogP contribution in [0.3, 0.4) is 0 Å². The van der Waals surface area contributed by atoms with Crippen molar-refractivity contribution in [2.45, 2.75) is 0 Å². The molecule has 6 nitrogen and oxygen atoms in total. The molecule has 0 aliphatic carbocycles. The molecule has 0 aromatic carbocycles. The van der Waals surface area contributed by atoms with Crippen LogP contribution in [-0.2, 0) is 10.2 Å². The van der Waals surface area contributed by atoms with Crippen LogP contribution in [0.2, 0.25) is 0 Å². The van der Waals surface area contributed by atoms with E-state index in [1.54, 1.807) is 0 Å². The van der Waals surface area contributed by atoms with Crippen molar-refractivity contribution in [3.8, 4) is 0 Å². The first-order valence-corrected chi connectivity index (χ1v) is 5.67. The molecular weight excluding hydrogens is 194 g/mol. The first-order chi connectivity index (χ1) is 6.17. The van der Waals surface area contributed by atoms with Gasteiger partial charge in [0.15, 0.2) is 0 Å². The highest BCUT2D eigenvalue weighted by Gasteiger charge is 2.22. The van der Waals surface area contributed by atoms with Gasteiger partial charge in [-0.1, -0.05) is 0 Å². The zero-order valence-electron chi connectivity index (χ0n) is 7.36. The summed E-state index contributed by atoms with van der Waals surface area (Å²) in [6, 6.07) is 0. The van der Waals surface area contributed by atoms with E-state index in [9.17, 15) is 8.42 Å². The van der Waals surface area contributed by atoms with Crippen molar-refractivity contribution in [2.75, 3.05) is 39.3 Å². The van der Waals surface area contributed by atoms with E-state index in [0.29, 0.717) is 26.2 Å². The van der Waals surface area contributed by atoms with Crippen LogP contribution in [0.25, 0.3) is 0 Å². The quantitative estimate of drug-likeness (QED) is 0.487. The van der Waals surface area contributed by atoms with Gasteiger partial charge in [-0.3, -0.25) is 0 Å².